The summed E-state index contributed by atoms with van der Waals surface area (Å²) in [6.45, 7) is 5.63. The molecule has 10 heteroatoms. The van der Waals surface area contributed by atoms with E-state index < -0.39 is 0 Å². The Kier molecular flexibility index (Phi) is 5.28. The molecule has 0 radical (unpaired) electrons. The van der Waals surface area contributed by atoms with Gasteiger partial charge in [-0.2, -0.15) is 0 Å². The molecule has 3 aromatic rings. The lowest BCUT2D eigenvalue weighted by Gasteiger charge is -2.34. The van der Waals surface area contributed by atoms with Crippen molar-refractivity contribution in [1.82, 2.24) is 30.0 Å². The van der Waals surface area contributed by atoms with Crippen LogP contribution in [0, 0.1) is 10.1 Å². The van der Waals surface area contributed by atoms with Crippen LogP contribution in [0.15, 0.2) is 36.4 Å². The van der Waals surface area contributed by atoms with Gasteiger partial charge in [0, 0.05) is 48.5 Å². The maximum Gasteiger partial charge on any atom is 0.278 e. The summed E-state index contributed by atoms with van der Waals surface area (Å²) < 4.78 is 1.99. The van der Waals surface area contributed by atoms with Crippen LogP contribution >= 0.6 is 11.3 Å². The third kappa shape index (κ3) is 4.11. The van der Waals surface area contributed by atoms with Gasteiger partial charge in [0.05, 0.1) is 23.1 Å². The zero-order valence-electron chi connectivity index (χ0n) is 16.6. The first-order chi connectivity index (χ1) is 14.7. The predicted molar refractivity (Wildman–Crippen MR) is 113 cm³/mol. The molecule has 0 amide bonds. The lowest BCUT2D eigenvalue weighted by molar-refractivity contribution is -0.384. The van der Waals surface area contributed by atoms with Crippen LogP contribution in [0.1, 0.15) is 29.6 Å². The molecular formula is C20H23N7O2S. The van der Waals surface area contributed by atoms with Crippen LogP contribution in [-0.4, -0.2) is 61.1 Å². The molecule has 1 aromatic carbocycles. The van der Waals surface area contributed by atoms with Gasteiger partial charge in [-0.25, -0.2) is 4.68 Å². The molecule has 5 rings (SSSR count). The Balaban J connectivity index is 1.17. The monoisotopic (exact) mass is 425 g/mol. The molecule has 0 spiro atoms. The highest BCUT2D eigenvalue weighted by molar-refractivity contribution is 7.15. The molecule has 2 fully saturated rings. The number of aromatic nitrogens is 4. The Hall–Kier alpha value is -2.69. The van der Waals surface area contributed by atoms with Gasteiger partial charge in [-0.05, 0) is 41.5 Å². The summed E-state index contributed by atoms with van der Waals surface area (Å²) in [6.07, 6.45) is 2.36. The van der Waals surface area contributed by atoms with Gasteiger partial charge < -0.3 is 0 Å². The van der Waals surface area contributed by atoms with E-state index in [0.29, 0.717) is 11.6 Å². The molecule has 156 valence electrons. The maximum absolute atomic E-state index is 11.3. The van der Waals surface area contributed by atoms with Crippen molar-refractivity contribution < 1.29 is 4.92 Å². The molecule has 1 saturated heterocycles. The number of para-hydroxylation sites is 1. The molecule has 0 unspecified atom stereocenters. The van der Waals surface area contributed by atoms with E-state index in [1.807, 2.05) is 22.9 Å². The highest BCUT2D eigenvalue weighted by atomic mass is 32.1. The van der Waals surface area contributed by atoms with Crippen LogP contribution in [0.3, 0.4) is 0 Å². The number of nitro benzene ring substituents is 1. The van der Waals surface area contributed by atoms with E-state index in [1.54, 1.807) is 23.5 Å². The van der Waals surface area contributed by atoms with Crippen molar-refractivity contribution in [3.8, 4) is 10.4 Å². The average molecular weight is 426 g/mol. The van der Waals surface area contributed by atoms with Crippen LogP contribution in [0.2, 0.25) is 0 Å². The van der Waals surface area contributed by atoms with E-state index in [-0.39, 0.29) is 10.6 Å². The second-order valence-corrected chi connectivity index (χ2v) is 9.03. The zero-order chi connectivity index (χ0) is 20.5. The van der Waals surface area contributed by atoms with E-state index in [9.17, 15) is 10.1 Å². The van der Waals surface area contributed by atoms with Gasteiger partial charge in [0.15, 0.2) is 5.82 Å². The number of benzene rings is 1. The lowest BCUT2D eigenvalue weighted by Crippen LogP contribution is -2.45. The van der Waals surface area contributed by atoms with E-state index in [4.69, 9.17) is 0 Å². The first kappa shape index (κ1) is 19.3. The Morgan fingerprint density at radius 2 is 1.77 bits per heavy atom. The first-order valence-corrected chi connectivity index (χ1v) is 11.0. The minimum Gasteiger partial charge on any atom is -0.296 e. The van der Waals surface area contributed by atoms with E-state index in [2.05, 4.69) is 31.4 Å². The summed E-state index contributed by atoms with van der Waals surface area (Å²) in [5.41, 5.74) is 0.852. The molecule has 30 heavy (non-hydrogen) atoms. The molecule has 2 aromatic heterocycles. The van der Waals surface area contributed by atoms with Gasteiger partial charge in [0.2, 0.25) is 0 Å². The number of tetrazole rings is 1. The molecule has 0 bridgehead atoms. The minimum atomic E-state index is -0.312. The fraction of sp³-hybridized carbons (Fsp3) is 0.450. The Bertz CT molecular complexity index is 1040. The number of hydrogen-bond acceptors (Lipinski definition) is 8. The third-order valence-corrected chi connectivity index (χ3v) is 6.79. The normalized spacial score (nSPS) is 18.0. The average Bonchev–Trinajstić information content (AvgIpc) is 3.32. The van der Waals surface area contributed by atoms with Gasteiger partial charge in [-0.15, -0.1) is 16.4 Å². The molecule has 3 heterocycles. The van der Waals surface area contributed by atoms with Crippen molar-refractivity contribution in [2.24, 2.45) is 0 Å². The number of nitro groups is 1. The summed E-state index contributed by atoms with van der Waals surface area (Å²) in [6, 6.07) is 11.5. The number of nitrogens with zero attached hydrogens (tertiary/aromatic N) is 7. The standard InChI is InChI=1S/C20H23N7O2S/c28-27(29)18-4-2-1-3-17(18)19-8-7-16(30-19)13-24-9-11-25(12-10-24)14-20-21-22-23-26(20)15-5-6-15/h1-4,7-8,15H,5-6,9-14H2. The maximum atomic E-state index is 11.3. The molecule has 0 N–H and O–H groups in total. The number of rotatable bonds is 7. The van der Waals surface area contributed by atoms with Crippen LogP contribution in [0.4, 0.5) is 5.69 Å². The molecule has 1 saturated carbocycles. The largest absolute Gasteiger partial charge is 0.296 e. The van der Waals surface area contributed by atoms with Gasteiger partial charge in [0.25, 0.3) is 5.69 Å². The van der Waals surface area contributed by atoms with E-state index >= 15 is 0 Å². The van der Waals surface area contributed by atoms with Crippen LogP contribution < -0.4 is 0 Å². The fourth-order valence-corrected chi connectivity index (χ4v) is 4.98. The van der Waals surface area contributed by atoms with Gasteiger partial charge in [0.1, 0.15) is 0 Å². The highest BCUT2D eigenvalue weighted by Crippen LogP contribution is 2.36. The number of piperazine rings is 1. The van der Waals surface area contributed by atoms with Crippen LogP contribution in [0.25, 0.3) is 10.4 Å². The zero-order valence-corrected chi connectivity index (χ0v) is 17.4. The topological polar surface area (TPSA) is 93.2 Å². The van der Waals surface area contributed by atoms with Gasteiger partial charge in [-0.1, -0.05) is 12.1 Å². The molecule has 0 atom stereocenters. The molecule has 2 aliphatic rings. The van der Waals surface area contributed by atoms with E-state index in [0.717, 1.165) is 50.0 Å². The SMILES string of the molecule is O=[N+]([O-])c1ccccc1-c1ccc(CN2CCN(Cc3nnnn3C3CC3)CC2)s1. The van der Waals surface area contributed by atoms with Gasteiger partial charge >= 0.3 is 0 Å². The van der Waals surface area contributed by atoms with Crippen molar-refractivity contribution in [3.63, 3.8) is 0 Å². The predicted octanol–water partition coefficient (Wildman–Crippen LogP) is 2.96. The smallest absolute Gasteiger partial charge is 0.278 e. The fourth-order valence-electron chi connectivity index (χ4n) is 3.89. The summed E-state index contributed by atoms with van der Waals surface area (Å²) in [4.78, 5) is 18.0. The highest BCUT2D eigenvalue weighted by Gasteiger charge is 2.29. The Morgan fingerprint density at radius 1 is 1.03 bits per heavy atom. The first-order valence-electron chi connectivity index (χ1n) is 10.2. The van der Waals surface area contributed by atoms with Crippen LogP contribution in [-0.2, 0) is 13.1 Å². The summed E-state index contributed by atoms with van der Waals surface area (Å²) in [5.74, 6) is 0.971. The number of hydrogen-bond donors (Lipinski definition) is 0. The van der Waals surface area contributed by atoms with Gasteiger partial charge in [-0.3, -0.25) is 19.9 Å². The minimum absolute atomic E-state index is 0.160. The summed E-state index contributed by atoms with van der Waals surface area (Å²) in [5, 5.41) is 23.5. The van der Waals surface area contributed by atoms with Crippen molar-refractivity contribution in [1.29, 1.82) is 0 Å². The van der Waals surface area contributed by atoms with Crippen molar-refractivity contribution in [3.05, 3.63) is 57.2 Å². The van der Waals surface area contributed by atoms with Crippen molar-refractivity contribution >= 4 is 17.0 Å². The lowest BCUT2D eigenvalue weighted by atomic mass is 10.1. The van der Waals surface area contributed by atoms with Crippen molar-refractivity contribution in [2.75, 3.05) is 26.2 Å². The Labute approximate surface area is 178 Å². The number of thiophene rings is 1. The summed E-state index contributed by atoms with van der Waals surface area (Å²) >= 11 is 1.64. The molecule has 1 aliphatic carbocycles. The quantitative estimate of drug-likeness (QED) is 0.424. The molecular weight excluding hydrogens is 402 g/mol. The van der Waals surface area contributed by atoms with Crippen molar-refractivity contribution in [2.45, 2.75) is 32.0 Å². The third-order valence-electron chi connectivity index (χ3n) is 5.69. The van der Waals surface area contributed by atoms with E-state index in [1.165, 1.54) is 17.7 Å². The van der Waals surface area contributed by atoms with Crippen LogP contribution in [0.5, 0.6) is 0 Å². The summed E-state index contributed by atoms with van der Waals surface area (Å²) in [7, 11) is 0. The Morgan fingerprint density at radius 3 is 2.50 bits per heavy atom. The second-order valence-electron chi connectivity index (χ2n) is 7.86. The molecule has 9 nitrogen and oxygen atoms in total. The molecule has 1 aliphatic heterocycles. The second kappa shape index (κ2) is 8.21.